The van der Waals surface area contributed by atoms with Crippen molar-refractivity contribution in [2.24, 2.45) is 5.84 Å². The average molecular weight is 287 g/mol. The molecule has 3 N–H and O–H groups in total. The molecule has 0 aliphatic heterocycles. The molecule has 0 saturated heterocycles. The minimum atomic E-state index is -0.474. The zero-order chi connectivity index (χ0) is 15.2. The number of nitrogens with one attached hydrogen (secondary N) is 1. The molecule has 0 bridgehead atoms. The van der Waals surface area contributed by atoms with Crippen LogP contribution >= 0.6 is 0 Å². The van der Waals surface area contributed by atoms with E-state index in [1.165, 1.54) is 6.07 Å². The fraction of sp³-hybridized carbons (Fsp3) is 0.200. The fourth-order valence-corrected chi connectivity index (χ4v) is 2.12. The van der Waals surface area contributed by atoms with Crippen molar-refractivity contribution in [3.63, 3.8) is 0 Å². The van der Waals surface area contributed by atoms with Gasteiger partial charge in [-0.05, 0) is 18.1 Å². The van der Waals surface area contributed by atoms with Crippen LogP contribution in [0.25, 0.3) is 0 Å². The Morgan fingerprint density at radius 2 is 1.90 bits per heavy atom. The summed E-state index contributed by atoms with van der Waals surface area (Å²) < 4.78 is 5.77. The summed E-state index contributed by atoms with van der Waals surface area (Å²) in [4.78, 5) is 10.5. The summed E-state index contributed by atoms with van der Waals surface area (Å²) in [6, 6.07) is 12.5. The van der Waals surface area contributed by atoms with E-state index in [-0.39, 0.29) is 18.0 Å². The van der Waals surface area contributed by atoms with Gasteiger partial charge in [0.2, 0.25) is 0 Å². The highest BCUT2D eigenvalue weighted by atomic mass is 16.6. The van der Waals surface area contributed by atoms with Gasteiger partial charge in [0, 0.05) is 11.6 Å². The van der Waals surface area contributed by atoms with E-state index in [4.69, 9.17) is 10.6 Å². The summed E-state index contributed by atoms with van der Waals surface area (Å²) in [5.41, 5.74) is 4.32. The smallest absolute Gasteiger partial charge is 0.294 e. The van der Waals surface area contributed by atoms with Crippen LogP contribution in [0, 0.1) is 10.1 Å². The average Bonchev–Trinajstić information content (AvgIpc) is 2.52. The van der Waals surface area contributed by atoms with Gasteiger partial charge in [0.05, 0.1) is 4.92 Å². The monoisotopic (exact) mass is 287 g/mol. The minimum absolute atomic E-state index is 0.0672. The first kappa shape index (κ1) is 14.8. The van der Waals surface area contributed by atoms with Crippen LogP contribution in [0.3, 0.4) is 0 Å². The maximum Gasteiger partial charge on any atom is 0.294 e. The number of nitrogens with zero attached hydrogens (tertiary/aromatic N) is 1. The van der Waals surface area contributed by atoms with Gasteiger partial charge in [0.1, 0.15) is 18.0 Å². The molecule has 6 heteroatoms. The highest BCUT2D eigenvalue weighted by molar-refractivity contribution is 5.65. The van der Waals surface area contributed by atoms with Crippen molar-refractivity contribution in [3.05, 3.63) is 63.7 Å². The number of rotatable bonds is 6. The number of para-hydroxylation sites is 2. The zero-order valence-corrected chi connectivity index (χ0v) is 11.7. The van der Waals surface area contributed by atoms with Crippen molar-refractivity contribution in [1.82, 2.24) is 0 Å². The minimum Gasteiger partial charge on any atom is -0.489 e. The Balaban J connectivity index is 2.24. The first-order valence-corrected chi connectivity index (χ1v) is 6.61. The molecule has 2 aromatic rings. The quantitative estimate of drug-likeness (QED) is 0.484. The van der Waals surface area contributed by atoms with E-state index in [0.717, 1.165) is 17.7 Å². The van der Waals surface area contributed by atoms with Gasteiger partial charge in [-0.1, -0.05) is 37.3 Å². The lowest BCUT2D eigenvalue weighted by atomic mass is 10.1. The molecule has 6 nitrogen and oxygen atoms in total. The molecule has 0 aliphatic rings. The van der Waals surface area contributed by atoms with Crippen LogP contribution < -0.4 is 16.0 Å². The van der Waals surface area contributed by atoms with Gasteiger partial charge in [-0.15, -0.1) is 0 Å². The van der Waals surface area contributed by atoms with E-state index < -0.39 is 4.92 Å². The third kappa shape index (κ3) is 3.29. The van der Waals surface area contributed by atoms with E-state index >= 15 is 0 Å². The Bertz CT molecular complexity index is 644. The van der Waals surface area contributed by atoms with E-state index in [9.17, 15) is 10.1 Å². The third-order valence-electron chi connectivity index (χ3n) is 3.21. The van der Waals surface area contributed by atoms with E-state index in [1.54, 1.807) is 12.1 Å². The van der Waals surface area contributed by atoms with Crippen LogP contribution in [0.4, 0.5) is 11.4 Å². The molecule has 2 rings (SSSR count). The third-order valence-corrected chi connectivity index (χ3v) is 3.21. The number of nitro benzene ring substituents is 1. The van der Waals surface area contributed by atoms with Crippen LogP contribution in [-0.4, -0.2) is 4.92 Å². The van der Waals surface area contributed by atoms with Crippen LogP contribution in [0.5, 0.6) is 5.75 Å². The lowest BCUT2D eigenvalue weighted by molar-refractivity contribution is -0.384. The maximum atomic E-state index is 11.0. The topological polar surface area (TPSA) is 90.4 Å². The number of hydrogen-bond acceptors (Lipinski definition) is 5. The SMILES string of the molecule is CCc1ccccc1OCc1cccc([N+](=O)[O-])c1NN. The van der Waals surface area contributed by atoms with E-state index in [0.29, 0.717) is 5.56 Å². The number of nitrogens with two attached hydrogens (primary N) is 1. The molecule has 0 unspecified atom stereocenters. The first-order chi connectivity index (χ1) is 10.2. The number of hydrogen-bond donors (Lipinski definition) is 2. The molecule has 2 aromatic carbocycles. The van der Waals surface area contributed by atoms with E-state index in [1.807, 2.05) is 31.2 Å². The van der Waals surface area contributed by atoms with Gasteiger partial charge in [-0.2, -0.15) is 0 Å². The second-order valence-electron chi connectivity index (χ2n) is 4.46. The molecule has 0 aromatic heterocycles. The normalized spacial score (nSPS) is 10.2. The Hall–Kier alpha value is -2.60. The van der Waals surface area contributed by atoms with Crippen LogP contribution in [0.1, 0.15) is 18.1 Å². The molecular formula is C15H17N3O3. The van der Waals surface area contributed by atoms with Crippen molar-refractivity contribution in [2.45, 2.75) is 20.0 Å². The number of benzene rings is 2. The Kier molecular flexibility index (Phi) is 4.73. The van der Waals surface area contributed by atoms with Gasteiger partial charge in [0.25, 0.3) is 5.69 Å². The second kappa shape index (κ2) is 6.71. The molecule has 0 amide bonds. The first-order valence-electron chi connectivity index (χ1n) is 6.61. The highest BCUT2D eigenvalue weighted by Gasteiger charge is 2.16. The molecule has 0 spiro atoms. The molecule has 0 radical (unpaired) electrons. The van der Waals surface area contributed by atoms with Gasteiger partial charge in [0.15, 0.2) is 0 Å². The molecular weight excluding hydrogens is 270 g/mol. The zero-order valence-electron chi connectivity index (χ0n) is 11.7. The lowest BCUT2D eigenvalue weighted by Crippen LogP contribution is -2.12. The van der Waals surface area contributed by atoms with Gasteiger partial charge in [-0.25, -0.2) is 0 Å². The number of hydrazine groups is 1. The molecule has 21 heavy (non-hydrogen) atoms. The molecule has 0 fully saturated rings. The van der Waals surface area contributed by atoms with Crippen LogP contribution in [0.15, 0.2) is 42.5 Å². The van der Waals surface area contributed by atoms with Crippen molar-refractivity contribution < 1.29 is 9.66 Å². The largest absolute Gasteiger partial charge is 0.489 e. The van der Waals surface area contributed by atoms with Crippen molar-refractivity contribution in [3.8, 4) is 5.75 Å². The summed E-state index contributed by atoms with van der Waals surface area (Å²) in [5, 5.41) is 11.0. The van der Waals surface area contributed by atoms with Gasteiger partial charge in [-0.3, -0.25) is 16.0 Å². The van der Waals surface area contributed by atoms with E-state index in [2.05, 4.69) is 5.43 Å². The number of nitro groups is 1. The van der Waals surface area contributed by atoms with Crippen LogP contribution in [-0.2, 0) is 13.0 Å². The maximum absolute atomic E-state index is 11.0. The van der Waals surface area contributed by atoms with Crippen molar-refractivity contribution in [2.75, 3.05) is 5.43 Å². The fourth-order valence-electron chi connectivity index (χ4n) is 2.12. The summed E-state index contributed by atoms with van der Waals surface area (Å²) in [6.07, 6.45) is 0.854. The van der Waals surface area contributed by atoms with Crippen molar-refractivity contribution in [1.29, 1.82) is 0 Å². The second-order valence-corrected chi connectivity index (χ2v) is 4.46. The van der Waals surface area contributed by atoms with Crippen molar-refractivity contribution >= 4 is 11.4 Å². The lowest BCUT2D eigenvalue weighted by Gasteiger charge is -2.13. The number of nitrogen functional groups attached to an aromatic ring is 1. The van der Waals surface area contributed by atoms with Gasteiger partial charge >= 0.3 is 0 Å². The number of anilines is 1. The molecule has 0 heterocycles. The summed E-state index contributed by atoms with van der Waals surface area (Å²) in [5.74, 6) is 6.18. The standard InChI is InChI=1S/C15H17N3O3/c1-2-11-6-3-4-9-14(11)21-10-12-7-5-8-13(18(19)20)15(12)17-16/h3-9,17H,2,10,16H2,1H3. The number of aryl methyl sites for hydroxylation is 1. The molecule has 110 valence electrons. The molecule has 0 atom stereocenters. The van der Waals surface area contributed by atoms with Gasteiger partial charge < -0.3 is 10.2 Å². The summed E-state index contributed by atoms with van der Waals surface area (Å²) in [7, 11) is 0. The Morgan fingerprint density at radius 3 is 2.57 bits per heavy atom. The highest BCUT2D eigenvalue weighted by Crippen LogP contribution is 2.29. The summed E-state index contributed by atoms with van der Waals surface area (Å²) in [6.45, 7) is 2.25. The molecule has 0 saturated carbocycles. The Morgan fingerprint density at radius 1 is 1.19 bits per heavy atom. The summed E-state index contributed by atoms with van der Waals surface area (Å²) >= 11 is 0. The predicted octanol–water partition coefficient (Wildman–Crippen LogP) is 3.02. The molecule has 0 aliphatic carbocycles. The van der Waals surface area contributed by atoms with Crippen LogP contribution in [0.2, 0.25) is 0 Å². The Labute approximate surface area is 122 Å². The number of ether oxygens (including phenoxy) is 1. The predicted molar refractivity (Wildman–Crippen MR) is 81.1 cm³/mol.